The molecule has 1 heterocycles. The molecule has 0 aliphatic heterocycles. The second kappa shape index (κ2) is 8.49. The molecule has 0 unspecified atom stereocenters. The van der Waals surface area contributed by atoms with Gasteiger partial charge in [0.05, 0.1) is 30.7 Å². The lowest BCUT2D eigenvalue weighted by molar-refractivity contribution is -0.133. The van der Waals surface area contributed by atoms with E-state index in [1.165, 1.54) is 4.90 Å². The van der Waals surface area contributed by atoms with Gasteiger partial charge in [-0.05, 0) is 19.4 Å². The zero-order valence-corrected chi connectivity index (χ0v) is 12.2. The Morgan fingerprint density at radius 2 is 1.86 bits per heavy atom. The SMILES string of the molecule is Cc1cc(OCC(=O)N(CCC#N)CCC#N)nnc1C. The largest absolute Gasteiger partial charge is 0.466 e. The van der Waals surface area contributed by atoms with E-state index in [0.29, 0.717) is 13.1 Å². The summed E-state index contributed by atoms with van der Waals surface area (Å²) in [6, 6.07) is 5.67. The number of aryl methyl sites for hydroxylation is 2. The van der Waals surface area contributed by atoms with Crippen LogP contribution in [0.15, 0.2) is 6.07 Å². The van der Waals surface area contributed by atoms with Crippen LogP contribution in [-0.4, -0.2) is 40.7 Å². The minimum absolute atomic E-state index is 0.186. The summed E-state index contributed by atoms with van der Waals surface area (Å²) in [6.07, 6.45) is 0.446. The molecule has 1 rings (SSSR count). The molecule has 1 aromatic rings. The molecule has 21 heavy (non-hydrogen) atoms. The van der Waals surface area contributed by atoms with Crippen molar-refractivity contribution < 1.29 is 9.53 Å². The van der Waals surface area contributed by atoms with Gasteiger partial charge in [-0.15, -0.1) is 5.10 Å². The van der Waals surface area contributed by atoms with Gasteiger partial charge in [0.2, 0.25) is 5.88 Å². The number of hydrogen-bond acceptors (Lipinski definition) is 6. The van der Waals surface area contributed by atoms with Crippen LogP contribution in [0.4, 0.5) is 0 Å². The molecule has 0 saturated carbocycles. The van der Waals surface area contributed by atoms with Crippen molar-refractivity contribution in [2.24, 2.45) is 0 Å². The summed E-state index contributed by atoms with van der Waals surface area (Å²) in [6.45, 7) is 4.11. The zero-order chi connectivity index (χ0) is 15.7. The number of rotatable bonds is 7. The van der Waals surface area contributed by atoms with Gasteiger partial charge in [-0.3, -0.25) is 4.79 Å². The predicted octanol–water partition coefficient (Wildman–Crippen LogP) is 1.13. The molecule has 0 spiro atoms. The number of ether oxygens (including phenoxy) is 1. The van der Waals surface area contributed by atoms with Crippen LogP contribution >= 0.6 is 0 Å². The van der Waals surface area contributed by atoms with Crippen LogP contribution in [0.5, 0.6) is 5.88 Å². The van der Waals surface area contributed by atoms with Crippen molar-refractivity contribution in [3.8, 4) is 18.0 Å². The maximum absolute atomic E-state index is 12.0. The standard InChI is InChI=1S/C14H17N5O2/c1-11-9-13(18-17-12(11)2)21-10-14(20)19(7-3-5-15)8-4-6-16/h9H,3-4,7-8,10H2,1-2H3. The van der Waals surface area contributed by atoms with E-state index in [-0.39, 0.29) is 31.2 Å². The molecule has 0 radical (unpaired) electrons. The molecule has 1 aromatic heterocycles. The van der Waals surface area contributed by atoms with Gasteiger partial charge in [0.25, 0.3) is 5.91 Å². The van der Waals surface area contributed by atoms with Crippen LogP contribution in [0.3, 0.4) is 0 Å². The molecule has 0 N–H and O–H groups in total. The van der Waals surface area contributed by atoms with E-state index in [9.17, 15) is 4.79 Å². The van der Waals surface area contributed by atoms with Crippen molar-refractivity contribution >= 4 is 5.91 Å². The lowest BCUT2D eigenvalue weighted by atomic mass is 10.2. The highest BCUT2D eigenvalue weighted by Crippen LogP contribution is 2.10. The van der Waals surface area contributed by atoms with Crippen LogP contribution in [0.2, 0.25) is 0 Å². The first-order chi connectivity index (χ1) is 10.1. The van der Waals surface area contributed by atoms with Crippen LogP contribution in [-0.2, 0) is 4.79 Å². The molecule has 0 aromatic carbocycles. The highest BCUT2D eigenvalue weighted by Gasteiger charge is 2.14. The fraction of sp³-hybridized carbons (Fsp3) is 0.500. The summed E-state index contributed by atoms with van der Waals surface area (Å²) in [4.78, 5) is 13.5. The van der Waals surface area contributed by atoms with Gasteiger partial charge in [0, 0.05) is 19.2 Å². The highest BCUT2D eigenvalue weighted by atomic mass is 16.5. The second-order valence-corrected chi connectivity index (χ2v) is 4.44. The molecular formula is C14H17N5O2. The summed E-state index contributed by atoms with van der Waals surface area (Å²) in [5, 5.41) is 24.9. The number of amides is 1. The summed E-state index contributed by atoms with van der Waals surface area (Å²) < 4.78 is 5.31. The highest BCUT2D eigenvalue weighted by molar-refractivity contribution is 5.77. The summed E-state index contributed by atoms with van der Waals surface area (Å²) in [5.74, 6) is 0.00694. The van der Waals surface area contributed by atoms with Gasteiger partial charge in [0.15, 0.2) is 6.61 Å². The van der Waals surface area contributed by atoms with Crippen molar-refractivity contribution in [2.75, 3.05) is 19.7 Å². The molecule has 0 aliphatic rings. The van der Waals surface area contributed by atoms with Gasteiger partial charge in [-0.25, -0.2) is 0 Å². The second-order valence-electron chi connectivity index (χ2n) is 4.44. The summed E-state index contributed by atoms with van der Waals surface area (Å²) >= 11 is 0. The van der Waals surface area contributed by atoms with Gasteiger partial charge >= 0.3 is 0 Å². The maximum Gasteiger partial charge on any atom is 0.260 e. The predicted molar refractivity (Wildman–Crippen MR) is 74.0 cm³/mol. The molecule has 7 heteroatoms. The summed E-state index contributed by atoms with van der Waals surface area (Å²) in [7, 11) is 0. The van der Waals surface area contributed by atoms with Crippen LogP contribution in [0.25, 0.3) is 0 Å². The average molecular weight is 287 g/mol. The quantitative estimate of drug-likeness (QED) is 0.744. The number of aromatic nitrogens is 2. The first-order valence-electron chi connectivity index (χ1n) is 6.54. The van der Waals surface area contributed by atoms with Crippen molar-refractivity contribution in [2.45, 2.75) is 26.7 Å². The minimum atomic E-state index is -0.277. The molecule has 7 nitrogen and oxygen atoms in total. The van der Waals surface area contributed by atoms with Crippen LogP contribution < -0.4 is 4.74 Å². The number of carbonyl (C=O) groups is 1. The Morgan fingerprint density at radius 3 is 2.38 bits per heavy atom. The number of nitrogens with zero attached hydrogens (tertiary/aromatic N) is 5. The van der Waals surface area contributed by atoms with Crippen LogP contribution in [0.1, 0.15) is 24.1 Å². The van der Waals surface area contributed by atoms with Gasteiger partial charge in [-0.1, -0.05) is 0 Å². The first kappa shape index (κ1) is 16.4. The van der Waals surface area contributed by atoms with Crippen molar-refractivity contribution in [1.29, 1.82) is 10.5 Å². The van der Waals surface area contributed by atoms with E-state index in [1.807, 2.05) is 26.0 Å². The van der Waals surface area contributed by atoms with Gasteiger partial charge in [0.1, 0.15) is 0 Å². The molecule has 0 fully saturated rings. The minimum Gasteiger partial charge on any atom is -0.466 e. The molecular weight excluding hydrogens is 270 g/mol. The van der Waals surface area contributed by atoms with E-state index < -0.39 is 0 Å². The fourth-order valence-electron chi connectivity index (χ4n) is 1.55. The van der Waals surface area contributed by atoms with Crippen molar-refractivity contribution in [3.05, 3.63) is 17.3 Å². The van der Waals surface area contributed by atoms with Gasteiger partial charge < -0.3 is 9.64 Å². The van der Waals surface area contributed by atoms with Crippen molar-refractivity contribution in [1.82, 2.24) is 15.1 Å². The monoisotopic (exact) mass is 287 g/mol. The zero-order valence-electron chi connectivity index (χ0n) is 12.2. The van der Waals surface area contributed by atoms with E-state index >= 15 is 0 Å². The molecule has 0 saturated heterocycles. The molecule has 110 valence electrons. The Hall–Kier alpha value is -2.67. The Bertz CT molecular complexity index is 556. The normalized spacial score (nSPS) is 9.52. The van der Waals surface area contributed by atoms with Crippen molar-refractivity contribution in [3.63, 3.8) is 0 Å². The average Bonchev–Trinajstić information content (AvgIpc) is 2.48. The molecule has 0 atom stereocenters. The lowest BCUT2D eigenvalue weighted by Gasteiger charge is -2.20. The third-order valence-electron chi connectivity index (χ3n) is 2.89. The third-order valence-corrected chi connectivity index (χ3v) is 2.89. The third kappa shape index (κ3) is 5.45. The Labute approximate surface area is 123 Å². The Balaban J connectivity index is 2.57. The van der Waals surface area contributed by atoms with Crippen LogP contribution in [0, 0.1) is 36.5 Å². The molecule has 1 amide bonds. The first-order valence-corrected chi connectivity index (χ1v) is 6.54. The lowest BCUT2D eigenvalue weighted by Crippen LogP contribution is -2.36. The fourth-order valence-corrected chi connectivity index (χ4v) is 1.55. The molecule has 0 aliphatic carbocycles. The maximum atomic E-state index is 12.0. The molecule has 0 bridgehead atoms. The van der Waals surface area contributed by atoms with E-state index in [1.54, 1.807) is 6.07 Å². The number of hydrogen-bond donors (Lipinski definition) is 0. The van der Waals surface area contributed by atoms with E-state index in [4.69, 9.17) is 15.3 Å². The van der Waals surface area contributed by atoms with Gasteiger partial charge in [-0.2, -0.15) is 15.6 Å². The summed E-state index contributed by atoms with van der Waals surface area (Å²) in [5.41, 5.74) is 1.73. The topological polar surface area (TPSA) is 103 Å². The number of nitriles is 2. The Kier molecular flexibility index (Phi) is 6.62. The Morgan fingerprint density at radius 1 is 1.24 bits per heavy atom. The number of carbonyl (C=O) groups excluding carboxylic acids is 1. The smallest absolute Gasteiger partial charge is 0.260 e. The van der Waals surface area contributed by atoms with E-state index in [0.717, 1.165) is 11.3 Å². The van der Waals surface area contributed by atoms with E-state index in [2.05, 4.69) is 10.2 Å².